The maximum atomic E-state index is 14.8. The van der Waals surface area contributed by atoms with Gasteiger partial charge in [-0.1, -0.05) is 0 Å². The van der Waals surface area contributed by atoms with E-state index in [4.69, 9.17) is 14.9 Å². The predicted molar refractivity (Wildman–Crippen MR) is 141 cm³/mol. The Morgan fingerprint density at radius 2 is 1.95 bits per heavy atom. The second-order valence-electron chi connectivity index (χ2n) is 7.71. The lowest BCUT2D eigenvalue weighted by atomic mass is 10.2. The van der Waals surface area contributed by atoms with Crippen molar-refractivity contribution in [3.63, 3.8) is 0 Å². The number of nitrogens with one attached hydrogen (secondary N) is 3. The van der Waals surface area contributed by atoms with E-state index in [0.29, 0.717) is 23.6 Å². The van der Waals surface area contributed by atoms with E-state index in [2.05, 4.69) is 10.6 Å². The van der Waals surface area contributed by atoms with Crippen LogP contribution in [-0.2, 0) is 14.3 Å². The number of anilines is 2. The van der Waals surface area contributed by atoms with Gasteiger partial charge in [-0.05, 0) is 74.5 Å². The van der Waals surface area contributed by atoms with Crippen LogP contribution >= 0.6 is 0 Å². The van der Waals surface area contributed by atoms with E-state index >= 15 is 0 Å². The molecule has 0 aliphatic carbocycles. The lowest BCUT2D eigenvalue weighted by Crippen LogP contribution is -2.17. The van der Waals surface area contributed by atoms with Gasteiger partial charge in [0.15, 0.2) is 17.3 Å². The third-order valence-corrected chi connectivity index (χ3v) is 5.14. The van der Waals surface area contributed by atoms with E-state index < -0.39 is 17.5 Å². The number of hydrogen-bond donors (Lipinski definition) is 3. The van der Waals surface area contributed by atoms with Gasteiger partial charge in [-0.25, -0.2) is 8.78 Å². The fraction of sp³-hybridized carbons (Fsp3) is 0.107. The number of rotatable bonds is 11. The number of allylic oxidation sites excluding steroid dienone is 4. The highest BCUT2D eigenvalue weighted by Crippen LogP contribution is 2.26. The van der Waals surface area contributed by atoms with E-state index in [1.807, 2.05) is 0 Å². The lowest BCUT2D eigenvalue weighted by molar-refractivity contribution is -0.113. The Kier molecular flexibility index (Phi) is 9.70. The van der Waals surface area contributed by atoms with E-state index in [1.165, 1.54) is 66.6 Å². The molecule has 1 heterocycles. The van der Waals surface area contributed by atoms with E-state index in [0.717, 1.165) is 12.3 Å². The van der Waals surface area contributed by atoms with E-state index in [9.17, 15) is 18.4 Å². The lowest BCUT2D eigenvalue weighted by Gasteiger charge is -2.16. The molecule has 0 saturated carbocycles. The molecule has 0 spiro atoms. The fourth-order valence-corrected chi connectivity index (χ4v) is 3.23. The maximum Gasteiger partial charge on any atom is 0.255 e. The minimum absolute atomic E-state index is 0.0674. The first kappa shape index (κ1) is 27.6. The predicted octanol–water partition coefficient (Wildman–Crippen LogP) is 5.30. The van der Waals surface area contributed by atoms with Crippen LogP contribution in [-0.4, -0.2) is 25.1 Å². The number of halogens is 2. The quantitative estimate of drug-likeness (QED) is 0.123. The summed E-state index contributed by atoms with van der Waals surface area (Å²) in [5.74, 6) is -1.25. The highest BCUT2D eigenvalue weighted by molar-refractivity contribution is 6.04. The Hall–Kier alpha value is -4.99. The van der Waals surface area contributed by atoms with Crippen molar-refractivity contribution >= 4 is 29.9 Å². The average molecular weight is 521 g/mol. The summed E-state index contributed by atoms with van der Waals surface area (Å²) in [6.07, 6.45) is 10.9. The zero-order valence-electron chi connectivity index (χ0n) is 20.7. The SMILES string of the molecule is CCOC(/C=C\N(C=O)c1ccc(F)cc1)=C(/C)C(=O)Nc1ccc(OC2=CC=CN/C2=C\C=N)c(F)c1. The molecular formula is C28H26F2N4O4. The van der Waals surface area contributed by atoms with Crippen molar-refractivity contribution in [3.05, 3.63) is 114 Å². The molecule has 0 unspecified atom stereocenters. The van der Waals surface area contributed by atoms with Gasteiger partial charge >= 0.3 is 0 Å². The highest BCUT2D eigenvalue weighted by atomic mass is 19.1. The van der Waals surface area contributed by atoms with Crippen LogP contribution in [0.15, 0.2) is 102 Å². The van der Waals surface area contributed by atoms with Crippen LogP contribution in [0.2, 0.25) is 0 Å². The monoisotopic (exact) mass is 520 g/mol. The standard InChI is InChI=1S/C28H26F2N4O4/c1-3-37-25(13-16-34(18-35)22-9-6-20(29)7-10-22)19(2)28(36)33-21-8-11-26(23(30)17-21)38-27-5-4-15-32-24(27)12-14-31/h4-18,31-32H,3H2,1-2H3,(H,33,36)/b16-13-,24-12-,25-19-,31-14?. The van der Waals surface area contributed by atoms with Crippen molar-refractivity contribution in [2.75, 3.05) is 16.8 Å². The van der Waals surface area contributed by atoms with Crippen molar-refractivity contribution in [2.45, 2.75) is 13.8 Å². The zero-order valence-corrected chi connectivity index (χ0v) is 20.7. The van der Waals surface area contributed by atoms with Gasteiger partial charge in [-0.15, -0.1) is 0 Å². The molecule has 8 nitrogen and oxygen atoms in total. The van der Waals surface area contributed by atoms with Crippen LogP contribution in [0.1, 0.15) is 13.8 Å². The number of hydrogen-bond acceptors (Lipinski definition) is 6. The number of carbonyl (C=O) groups excluding carboxylic acids is 2. The molecule has 0 aromatic heterocycles. The molecule has 2 amide bonds. The molecule has 0 bridgehead atoms. The van der Waals surface area contributed by atoms with Gasteiger partial charge in [-0.3, -0.25) is 14.5 Å². The van der Waals surface area contributed by atoms with Crippen LogP contribution in [0.3, 0.4) is 0 Å². The maximum absolute atomic E-state index is 14.8. The summed E-state index contributed by atoms with van der Waals surface area (Å²) in [6.45, 7) is 3.51. The van der Waals surface area contributed by atoms with Crippen LogP contribution in [0.25, 0.3) is 0 Å². The summed E-state index contributed by atoms with van der Waals surface area (Å²) in [7, 11) is 0. The molecule has 3 N–H and O–H groups in total. The molecule has 10 heteroatoms. The summed E-state index contributed by atoms with van der Waals surface area (Å²) < 4.78 is 39.2. The second kappa shape index (κ2) is 13.4. The summed E-state index contributed by atoms with van der Waals surface area (Å²) in [5, 5.41) is 12.7. The number of amides is 2. The molecule has 3 rings (SSSR count). The normalized spacial score (nSPS) is 14.3. The topological polar surface area (TPSA) is 104 Å². The summed E-state index contributed by atoms with van der Waals surface area (Å²) in [5.41, 5.74) is 1.28. The number of benzene rings is 2. The first-order chi connectivity index (χ1) is 18.4. The van der Waals surface area contributed by atoms with Gasteiger partial charge in [-0.2, -0.15) is 0 Å². The smallest absolute Gasteiger partial charge is 0.255 e. The largest absolute Gasteiger partial charge is 0.493 e. The van der Waals surface area contributed by atoms with Gasteiger partial charge in [0.1, 0.15) is 11.6 Å². The molecule has 1 aliphatic heterocycles. The van der Waals surface area contributed by atoms with Crippen LogP contribution in [0, 0.1) is 17.0 Å². The minimum atomic E-state index is -0.708. The van der Waals surface area contributed by atoms with Gasteiger partial charge in [0.05, 0.1) is 17.9 Å². The van der Waals surface area contributed by atoms with Crippen molar-refractivity contribution in [1.82, 2.24) is 5.32 Å². The molecule has 0 fully saturated rings. The number of nitrogens with zero attached hydrogens (tertiary/aromatic N) is 1. The summed E-state index contributed by atoms with van der Waals surface area (Å²) in [6, 6.07) is 9.28. The Bertz CT molecular complexity index is 1350. The van der Waals surface area contributed by atoms with Gasteiger partial charge in [0, 0.05) is 36.1 Å². The zero-order chi connectivity index (χ0) is 27.5. The second-order valence-corrected chi connectivity index (χ2v) is 7.71. The third-order valence-electron chi connectivity index (χ3n) is 5.14. The van der Waals surface area contributed by atoms with E-state index in [1.54, 1.807) is 25.3 Å². The first-order valence-electron chi connectivity index (χ1n) is 11.5. The van der Waals surface area contributed by atoms with Gasteiger partial charge in [0.2, 0.25) is 6.41 Å². The number of ether oxygens (including phenoxy) is 2. The molecule has 0 saturated heterocycles. The Labute approximate surface area is 218 Å². The van der Waals surface area contributed by atoms with Crippen LogP contribution in [0.5, 0.6) is 5.75 Å². The Balaban J connectivity index is 1.75. The van der Waals surface area contributed by atoms with E-state index in [-0.39, 0.29) is 29.4 Å². The molecular weight excluding hydrogens is 494 g/mol. The Morgan fingerprint density at radius 3 is 2.61 bits per heavy atom. The highest BCUT2D eigenvalue weighted by Gasteiger charge is 2.15. The van der Waals surface area contributed by atoms with Crippen molar-refractivity contribution in [1.29, 1.82) is 5.41 Å². The van der Waals surface area contributed by atoms with Gasteiger partial charge in [0.25, 0.3) is 5.91 Å². The molecule has 196 valence electrons. The van der Waals surface area contributed by atoms with Crippen molar-refractivity contribution in [2.24, 2.45) is 0 Å². The summed E-state index contributed by atoms with van der Waals surface area (Å²) >= 11 is 0. The number of dihydropyridines is 1. The molecule has 0 atom stereocenters. The van der Waals surface area contributed by atoms with Crippen molar-refractivity contribution in [3.8, 4) is 5.75 Å². The van der Waals surface area contributed by atoms with Crippen LogP contribution in [0.4, 0.5) is 20.2 Å². The van der Waals surface area contributed by atoms with Crippen LogP contribution < -0.4 is 20.3 Å². The third kappa shape index (κ3) is 7.26. The number of carbonyl (C=O) groups is 2. The Morgan fingerprint density at radius 1 is 1.18 bits per heavy atom. The fourth-order valence-electron chi connectivity index (χ4n) is 3.23. The minimum Gasteiger partial charge on any atom is -0.493 e. The van der Waals surface area contributed by atoms with Gasteiger partial charge < -0.3 is 25.5 Å². The first-order valence-corrected chi connectivity index (χ1v) is 11.5. The molecule has 38 heavy (non-hydrogen) atoms. The summed E-state index contributed by atoms with van der Waals surface area (Å²) in [4.78, 5) is 25.6. The molecule has 1 aliphatic rings. The molecule has 2 aromatic rings. The van der Waals surface area contributed by atoms with Crippen molar-refractivity contribution < 1.29 is 27.8 Å². The average Bonchev–Trinajstić information content (AvgIpc) is 2.91. The molecule has 2 aromatic carbocycles. The molecule has 0 radical (unpaired) electrons.